The molecular formula is C27H27Cl3N2O2S. The Bertz CT molecular complexity index is 1130. The first kappa shape index (κ1) is 27.4. The van der Waals surface area contributed by atoms with Crippen molar-refractivity contribution in [2.75, 3.05) is 12.3 Å². The first-order valence-corrected chi connectivity index (χ1v) is 13.4. The van der Waals surface area contributed by atoms with Crippen molar-refractivity contribution in [3.05, 3.63) is 99.0 Å². The maximum Gasteiger partial charge on any atom is 0.243 e. The summed E-state index contributed by atoms with van der Waals surface area (Å²) in [5.74, 6) is -0.154. The lowest BCUT2D eigenvalue weighted by atomic mass is 10.0. The summed E-state index contributed by atoms with van der Waals surface area (Å²) in [6.07, 6.45) is 1.20. The fraction of sp³-hybridized carbons (Fsp3) is 0.259. The van der Waals surface area contributed by atoms with Gasteiger partial charge < -0.3 is 10.2 Å². The van der Waals surface area contributed by atoms with Gasteiger partial charge in [-0.15, -0.1) is 11.8 Å². The van der Waals surface area contributed by atoms with E-state index in [0.717, 1.165) is 22.4 Å². The van der Waals surface area contributed by atoms with Crippen LogP contribution in [0.3, 0.4) is 0 Å². The van der Waals surface area contributed by atoms with Gasteiger partial charge in [0, 0.05) is 29.4 Å². The van der Waals surface area contributed by atoms with Crippen molar-refractivity contribution >= 4 is 58.4 Å². The second-order valence-corrected chi connectivity index (χ2v) is 10.3. The highest BCUT2D eigenvalue weighted by molar-refractivity contribution is 8.00. The van der Waals surface area contributed by atoms with Crippen molar-refractivity contribution < 1.29 is 9.59 Å². The molecule has 0 heterocycles. The molecule has 3 aromatic rings. The third kappa shape index (κ3) is 8.46. The third-order valence-electron chi connectivity index (χ3n) is 5.33. The molecule has 4 nitrogen and oxygen atoms in total. The lowest BCUT2D eigenvalue weighted by molar-refractivity contribution is -0.139. The van der Waals surface area contributed by atoms with Crippen molar-refractivity contribution in [1.29, 1.82) is 0 Å². The smallest absolute Gasteiger partial charge is 0.243 e. The quantitative estimate of drug-likeness (QED) is 0.265. The molecule has 1 N–H and O–H groups in total. The topological polar surface area (TPSA) is 49.4 Å². The van der Waals surface area contributed by atoms with E-state index in [1.54, 1.807) is 29.2 Å². The monoisotopic (exact) mass is 548 g/mol. The second kappa shape index (κ2) is 13.8. The van der Waals surface area contributed by atoms with Crippen LogP contribution >= 0.6 is 46.6 Å². The number of nitrogens with one attached hydrogen (secondary N) is 1. The van der Waals surface area contributed by atoms with Gasteiger partial charge in [-0.25, -0.2) is 0 Å². The van der Waals surface area contributed by atoms with Crippen molar-refractivity contribution in [3.8, 4) is 0 Å². The normalized spacial score (nSPS) is 11.7. The van der Waals surface area contributed by atoms with Gasteiger partial charge in [0.25, 0.3) is 0 Å². The summed E-state index contributed by atoms with van der Waals surface area (Å²) < 4.78 is 0. The molecule has 0 saturated carbocycles. The first-order chi connectivity index (χ1) is 16.9. The van der Waals surface area contributed by atoms with E-state index in [4.69, 9.17) is 34.8 Å². The zero-order chi connectivity index (χ0) is 25.2. The van der Waals surface area contributed by atoms with Crippen LogP contribution in [0.25, 0.3) is 0 Å². The number of amides is 2. The van der Waals surface area contributed by atoms with Gasteiger partial charge in [-0.1, -0.05) is 78.1 Å². The van der Waals surface area contributed by atoms with Crippen LogP contribution in [0.15, 0.2) is 77.7 Å². The Morgan fingerprint density at radius 3 is 2.29 bits per heavy atom. The lowest BCUT2D eigenvalue weighted by Crippen LogP contribution is -2.51. The molecule has 0 spiro atoms. The Kier molecular flexibility index (Phi) is 10.8. The van der Waals surface area contributed by atoms with Crippen molar-refractivity contribution in [2.24, 2.45) is 0 Å². The maximum absolute atomic E-state index is 13.6. The van der Waals surface area contributed by atoms with E-state index < -0.39 is 6.04 Å². The average Bonchev–Trinajstić information content (AvgIpc) is 2.86. The van der Waals surface area contributed by atoms with Gasteiger partial charge in [0.2, 0.25) is 11.8 Å². The van der Waals surface area contributed by atoms with Crippen LogP contribution in [-0.2, 0) is 22.6 Å². The summed E-state index contributed by atoms with van der Waals surface area (Å²) in [4.78, 5) is 29.5. The molecule has 3 aromatic carbocycles. The molecule has 35 heavy (non-hydrogen) atoms. The Morgan fingerprint density at radius 1 is 0.914 bits per heavy atom. The van der Waals surface area contributed by atoms with Gasteiger partial charge in [0.05, 0.1) is 15.8 Å². The van der Waals surface area contributed by atoms with E-state index in [1.165, 1.54) is 11.8 Å². The standard InChI is InChI=1S/C27H27Cl3N2O2S/c1-2-14-31-27(34)25(16-19-6-4-3-5-7-19)32(17-20-8-13-23(29)24(30)15-20)26(33)18-35-22-11-9-21(28)10-12-22/h3-13,15,25H,2,14,16-18H2,1H3,(H,31,34). The van der Waals surface area contributed by atoms with Gasteiger partial charge in [0.1, 0.15) is 6.04 Å². The van der Waals surface area contributed by atoms with E-state index in [9.17, 15) is 9.59 Å². The van der Waals surface area contributed by atoms with E-state index in [2.05, 4.69) is 5.32 Å². The molecule has 0 fully saturated rings. The molecule has 0 aliphatic rings. The van der Waals surface area contributed by atoms with Crippen LogP contribution in [-0.4, -0.2) is 35.1 Å². The van der Waals surface area contributed by atoms with Crippen LogP contribution in [0.1, 0.15) is 24.5 Å². The molecule has 1 unspecified atom stereocenters. The lowest BCUT2D eigenvalue weighted by Gasteiger charge is -2.31. The van der Waals surface area contributed by atoms with Gasteiger partial charge >= 0.3 is 0 Å². The summed E-state index contributed by atoms with van der Waals surface area (Å²) in [5, 5.41) is 4.45. The van der Waals surface area contributed by atoms with Crippen LogP contribution < -0.4 is 5.32 Å². The number of nitrogens with zero attached hydrogens (tertiary/aromatic N) is 1. The van der Waals surface area contributed by atoms with Crippen LogP contribution in [0.4, 0.5) is 0 Å². The number of benzene rings is 3. The van der Waals surface area contributed by atoms with Crippen molar-refractivity contribution in [1.82, 2.24) is 10.2 Å². The van der Waals surface area contributed by atoms with Crippen LogP contribution in [0.2, 0.25) is 15.1 Å². The predicted octanol–water partition coefficient (Wildman–Crippen LogP) is 6.91. The number of halogens is 3. The second-order valence-electron chi connectivity index (χ2n) is 8.01. The first-order valence-electron chi connectivity index (χ1n) is 11.3. The zero-order valence-corrected chi connectivity index (χ0v) is 22.4. The third-order valence-corrected chi connectivity index (χ3v) is 7.32. The minimum absolute atomic E-state index is 0.149. The molecule has 3 rings (SSSR count). The molecule has 2 amide bonds. The summed E-state index contributed by atoms with van der Waals surface area (Å²) >= 11 is 19.7. The highest BCUT2D eigenvalue weighted by Gasteiger charge is 2.30. The zero-order valence-electron chi connectivity index (χ0n) is 19.3. The summed E-state index contributed by atoms with van der Waals surface area (Å²) in [5.41, 5.74) is 1.77. The minimum atomic E-state index is -0.684. The van der Waals surface area contributed by atoms with Gasteiger partial charge in [-0.2, -0.15) is 0 Å². The number of hydrogen-bond acceptors (Lipinski definition) is 3. The number of carbonyl (C=O) groups excluding carboxylic acids is 2. The van der Waals surface area contributed by atoms with E-state index in [0.29, 0.717) is 28.0 Å². The van der Waals surface area contributed by atoms with Gasteiger partial charge in [-0.05, 0) is 53.9 Å². The van der Waals surface area contributed by atoms with Crippen molar-refractivity contribution in [2.45, 2.75) is 37.2 Å². The fourth-order valence-electron chi connectivity index (χ4n) is 3.51. The summed E-state index contributed by atoms with van der Waals surface area (Å²) in [6, 6.07) is 21.6. The van der Waals surface area contributed by atoms with Crippen LogP contribution in [0.5, 0.6) is 0 Å². The molecule has 0 saturated heterocycles. The van der Waals surface area contributed by atoms with Crippen molar-refractivity contribution in [3.63, 3.8) is 0 Å². The average molecular weight is 550 g/mol. The number of rotatable bonds is 11. The molecular weight excluding hydrogens is 523 g/mol. The minimum Gasteiger partial charge on any atom is -0.354 e. The van der Waals surface area contributed by atoms with E-state index >= 15 is 0 Å². The molecule has 8 heteroatoms. The Labute approximate surface area is 225 Å². The largest absolute Gasteiger partial charge is 0.354 e. The van der Waals surface area contributed by atoms with Gasteiger partial charge in [-0.3, -0.25) is 9.59 Å². The molecule has 0 aliphatic carbocycles. The molecule has 0 aromatic heterocycles. The Morgan fingerprint density at radius 2 is 1.63 bits per heavy atom. The number of hydrogen-bond donors (Lipinski definition) is 1. The Hall–Kier alpha value is -2.18. The SMILES string of the molecule is CCCNC(=O)C(Cc1ccccc1)N(Cc1ccc(Cl)c(Cl)c1)C(=O)CSc1ccc(Cl)cc1. The molecule has 0 radical (unpaired) electrons. The predicted molar refractivity (Wildman–Crippen MR) is 146 cm³/mol. The van der Waals surface area contributed by atoms with E-state index in [1.807, 2.05) is 55.5 Å². The molecule has 1 atom stereocenters. The molecule has 0 aliphatic heterocycles. The number of thioether (sulfide) groups is 1. The van der Waals surface area contributed by atoms with Gasteiger partial charge in [0.15, 0.2) is 0 Å². The summed E-state index contributed by atoms with van der Waals surface area (Å²) in [7, 11) is 0. The molecule has 184 valence electrons. The highest BCUT2D eigenvalue weighted by Crippen LogP contribution is 2.26. The molecule has 0 bridgehead atoms. The fourth-order valence-corrected chi connectivity index (χ4v) is 4.74. The summed E-state index contributed by atoms with van der Waals surface area (Å²) in [6.45, 7) is 2.76. The van der Waals surface area contributed by atoms with E-state index in [-0.39, 0.29) is 24.1 Å². The Balaban J connectivity index is 1.90. The maximum atomic E-state index is 13.6. The van der Waals surface area contributed by atoms with Crippen LogP contribution in [0, 0.1) is 0 Å². The highest BCUT2D eigenvalue weighted by atomic mass is 35.5. The number of carbonyl (C=O) groups is 2.